The molecule has 1 aromatic carbocycles. The number of carbonyl (C=O) groups excluding carboxylic acids is 2. The van der Waals surface area contributed by atoms with Crippen LogP contribution in [0.3, 0.4) is 0 Å². The topological polar surface area (TPSA) is 95.3 Å². The van der Waals surface area contributed by atoms with Gasteiger partial charge in [-0.25, -0.2) is 4.79 Å². The molecule has 0 aliphatic heterocycles. The monoisotopic (exact) mass is 534 g/mol. The molecule has 11 heteroatoms. The summed E-state index contributed by atoms with van der Waals surface area (Å²) in [5.41, 5.74) is 1.53. The van der Waals surface area contributed by atoms with E-state index >= 15 is 0 Å². The second-order valence-corrected chi connectivity index (χ2v) is 10.8. The van der Waals surface area contributed by atoms with Crippen LogP contribution in [0.25, 0.3) is 0 Å². The van der Waals surface area contributed by atoms with E-state index in [1.165, 1.54) is 23.1 Å². The van der Waals surface area contributed by atoms with Gasteiger partial charge in [0.05, 0.1) is 22.4 Å². The number of aryl methyl sites for hydroxylation is 1. The molecule has 0 fully saturated rings. The first-order valence-electron chi connectivity index (χ1n) is 11.4. The fourth-order valence-corrected chi connectivity index (χ4v) is 5.95. The number of carbonyl (C=O) groups is 2. The summed E-state index contributed by atoms with van der Waals surface area (Å²) in [5.74, 6) is 0.704. The largest absolute Gasteiger partial charge is 0.484 e. The van der Waals surface area contributed by atoms with E-state index in [1.807, 2.05) is 33.0 Å². The molecule has 0 bridgehead atoms. The van der Waals surface area contributed by atoms with Gasteiger partial charge in [-0.05, 0) is 57.2 Å². The van der Waals surface area contributed by atoms with Crippen molar-refractivity contribution in [3.05, 3.63) is 51.1 Å². The summed E-state index contributed by atoms with van der Waals surface area (Å²) < 4.78 is 13.0. The van der Waals surface area contributed by atoms with Crippen molar-refractivity contribution in [2.45, 2.75) is 57.4 Å². The summed E-state index contributed by atoms with van der Waals surface area (Å²) >= 11 is 8.87. The number of aromatic nitrogens is 3. The van der Waals surface area contributed by atoms with Crippen molar-refractivity contribution in [1.29, 1.82) is 0 Å². The molecule has 2 heterocycles. The summed E-state index contributed by atoms with van der Waals surface area (Å²) in [6.45, 7) is 3.84. The smallest absolute Gasteiger partial charge is 0.341 e. The number of halogens is 1. The number of thiophene rings is 1. The van der Waals surface area contributed by atoms with Crippen LogP contribution in [0.4, 0.5) is 5.00 Å². The van der Waals surface area contributed by atoms with Crippen LogP contribution in [0.15, 0.2) is 29.4 Å². The number of thioether (sulfide) groups is 1. The Morgan fingerprint density at radius 2 is 2.00 bits per heavy atom. The molecule has 0 saturated carbocycles. The number of hydrogen-bond donors (Lipinski definition) is 1. The number of fused-ring (bicyclic) bond motifs is 1. The van der Waals surface area contributed by atoms with Crippen molar-refractivity contribution in [3.63, 3.8) is 0 Å². The molecular formula is C24H27ClN4O4S2. The zero-order valence-electron chi connectivity index (χ0n) is 19.8. The first-order chi connectivity index (χ1) is 16.8. The van der Waals surface area contributed by atoms with E-state index in [1.54, 1.807) is 16.7 Å². The van der Waals surface area contributed by atoms with E-state index in [2.05, 4.69) is 15.5 Å². The standard InChI is InChI=1S/C24H27ClN4O4S2/c1-14(2)33-23(31)21-15-8-4-7-11-18(15)35-22(21)26-20(30)13-34-24-28-27-19(29(24)3)12-32-17-10-6-5-9-16(17)25/h5-6,9-10,14H,4,7-8,11-13H2,1-3H3,(H,26,30). The number of para-hydroxylation sites is 1. The Bertz CT molecular complexity index is 1220. The van der Waals surface area contributed by atoms with Crippen LogP contribution in [-0.4, -0.2) is 38.5 Å². The summed E-state index contributed by atoms with van der Waals surface area (Å²) in [7, 11) is 1.82. The van der Waals surface area contributed by atoms with E-state index in [0.717, 1.165) is 36.1 Å². The normalized spacial score (nSPS) is 12.9. The zero-order chi connectivity index (χ0) is 24.9. The lowest BCUT2D eigenvalue weighted by Gasteiger charge is -2.14. The van der Waals surface area contributed by atoms with Crippen LogP contribution in [0.1, 0.15) is 53.3 Å². The van der Waals surface area contributed by atoms with Crippen LogP contribution in [0, 0.1) is 0 Å². The predicted octanol–water partition coefficient (Wildman–Crippen LogP) is 5.28. The number of nitrogens with zero attached hydrogens (tertiary/aromatic N) is 3. The number of hydrogen-bond acceptors (Lipinski definition) is 8. The first-order valence-corrected chi connectivity index (χ1v) is 13.5. The van der Waals surface area contributed by atoms with E-state index < -0.39 is 0 Å². The fraction of sp³-hybridized carbons (Fsp3) is 0.417. The average molecular weight is 535 g/mol. The van der Waals surface area contributed by atoms with Gasteiger partial charge in [-0.3, -0.25) is 4.79 Å². The molecule has 3 aromatic rings. The van der Waals surface area contributed by atoms with Crippen LogP contribution in [0.2, 0.25) is 5.02 Å². The molecule has 186 valence electrons. The first kappa shape index (κ1) is 25.5. The van der Waals surface area contributed by atoms with Crippen molar-refractivity contribution in [3.8, 4) is 5.75 Å². The Balaban J connectivity index is 1.39. The molecule has 1 N–H and O–H groups in total. The highest BCUT2D eigenvalue weighted by Crippen LogP contribution is 2.39. The van der Waals surface area contributed by atoms with Gasteiger partial charge in [0.25, 0.3) is 0 Å². The number of benzene rings is 1. The highest BCUT2D eigenvalue weighted by molar-refractivity contribution is 7.99. The number of amides is 1. The second-order valence-electron chi connectivity index (χ2n) is 8.38. The third kappa shape index (κ3) is 6.17. The molecule has 1 aliphatic carbocycles. The fourth-order valence-electron chi connectivity index (χ4n) is 3.74. The van der Waals surface area contributed by atoms with Gasteiger partial charge in [0.15, 0.2) is 11.0 Å². The van der Waals surface area contributed by atoms with Crippen molar-refractivity contribution in [2.24, 2.45) is 7.05 Å². The van der Waals surface area contributed by atoms with Gasteiger partial charge in [0.2, 0.25) is 5.91 Å². The van der Waals surface area contributed by atoms with E-state index in [0.29, 0.717) is 32.3 Å². The number of esters is 1. The quantitative estimate of drug-likeness (QED) is 0.294. The summed E-state index contributed by atoms with van der Waals surface area (Å²) in [6, 6.07) is 7.21. The van der Waals surface area contributed by atoms with Gasteiger partial charge in [-0.15, -0.1) is 21.5 Å². The SMILES string of the molecule is CC(C)OC(=O)c1c(NC(=O)CSc2nnc(COc3ccccc3Cl)n2C)sc2c1CCCC2. The summed E-state index contributed by atoms with van der Waals surface area (Å²) in [4.78, 5) is 26.7. The molecular weight excluding hydrogens is 508 g/mol. The Morgan fingerprint density at radius 3 is 2.77 bits per heavy atom. The van der Waals surface area contributed by atoms with Crippen LogP contribution in [-0.2, 0) is 36.0 Å². The van der Waals surface area contributed by atoms with Crippen molar-refractivity contribution in [2.75, 3.05) is 11.1 Å². The Labute approximate surface area is 217 Å². The van der Waals surface area contributed by atoms with Crippen LogP contribution in [0.5, 0.6) is 5.75 Å². The van der Waals surface area contributed by atoms with Gasteiger partial charge < -0.3 is 19.4 Å². The van der Waals surface area contributed by atoms with Crippen molar-refractivity contribution < 1.29 is 19.1 Å². The van der Waals surface area contributed by atoms with E-state index in [9.17, 15) is 9.59 Å². The summed E-state index contributed by atoms with van der Waals surface area (Å²) in [5, 5.41) is 12.9. The highest BCUT2D eigenvalue weighted by Gasteiger charge is 2.28. The highest BCUT2D eigenvalue weighted by atomic mass is 35.5. The Hall–Kier alpha value is -2.56. The molecule has 0 spiro atoms. The third-order valence-corrected chi connectivity index (χ3v) is 7.96. The maximum atomic E-state index is 12.8. The molecule has 0 unspecified atom stereocenters. The average Bonchev–Trinajstić information content (AvgIpc) is 3.36. The minimum absolute atomic E-state index is 0.124. The number of rotatable bonds is 9. The zero-order valence-corrected chi connectivity index (χ0v) is 22.2. The lowest BCUT2D eigenvalue weighted by atomic mass is 9.95. The maximum absolute atomic E-state index is 12.8. The van der Waals surface area contributed by atoms with Gasteiger partial charge >= 0.3 is 5.97 Å². The number of nitrogens with one attached hydrogen (secondary N) is 1. The minimum Gasteiger partial charge on any atom is -0.484 e. The van der Waals surface area contributed by atoms with E-state index in [-0.39, 0.29) is 30.3 Å². The molecule has 0 saturated heterocycles. The molecule has 0 atom stereocenters. The second kappa shape index (κ2) is 11.5. The number of ether oxygens (including phenoxy) is 2. The molecule has 1 amide bonds. The third-order valence-electron chi connectivity index (χ3n) is 5.42. The lowest BCUT2D eigenvalue weighted by Crippen LogP contribution is -2.19. The Morgan fingerprint density at radius 1 is 1.23 bits per heavy atom. The Kier molecular flexibility index (Phi) is 8.35. The molecule has 2 aromatic heterocycles. The molecule has 4 rings (SSSR count). The van der Waals surface area contributed by atoms with Gasteiger partial charge in [-0.2, -0.15) is 0 Å². The molecule has 1 aliphatic rings. The predicted molar refractivity (Wildman–Crippen MR) is 138 cm³/mol. The van der Waals surface area contributed by atoms with Crippen molar-refractivity contribution >= 4 is 51.6 Å². The maximum Gasteiger partial charge on any atom is 0.341 e. The minimum atomic E-state index is -0.376. The summed E-state index contributed by atoms with van der Waals surface area (Å²) in [6.07, 6.45) is 3.64. The van der Waals surface area contributed by atoms with Gasteiger partial charge in [0, 0.05) is 11.9 Å². The molecule has 0 radical (unpaired) electrons. The molecule has 35 heavy (non-hydrogen) atoms. The van der Waals surface area contributed by atoms with Crippen LogP contribution >= 0.6 is 34.7 Å². The van der Waals surface area contributed by atoms with E-state index in [4.69, 9.17) is 21.1 Å². The van der Waals surface area contributed by atoms with Gasteiger partial charge in [-0.1, -0.05) is 35.5 Å². The lowest BCUT2D eigenvalue weighted by molar-refractivity contribution is -0.113. The van der Waals surface area contributed by atoms with Crippen molar-refractivity contribution in [1.82, 2.24) is 14.8 Å². The number of anilines is 1. The van der Waals surface area contributed by atoms with Gasteiger partial charge in [0.1, 0.15) is 17.4 Å². The van der Waals surface area contributed by atoms with Crippen LogP contribution < -0.4 is 10.1 Å². The molecule has 8 nitrogen and oxygen atoms in total.